The average molecular weight is 279 g/mol. The van der Waals surface area contributed by atoms with E-state index >= 15 is 0 Å². The van der Waals surface area contributed by atoms with Gasteiger partial charge >= 0.3 is 5.97 Å². The van der Waals surface area contributed by atoms with Crippen LogP contribution in [0, 0.1) is 5.82 Å². The molecule has 20 heavy (non-hydrogen) atoms. The van der Waals surface area contributed by atoms with E-state index in [2.05, 4.69) is 0 Å². The van der Waals surface area contributed by atoms with E-state index in [9.17, 15) is 14.0 Å². The topological polar surface area (TPSA) is 57.6 Å². The predicted octanol–water partition coefficient (Wildman–Crippen LogP) is 2.22. The highest BCUT2D eigenvalue weighted by molar-refractivity contribution is 5.84. The van der Waals surface area contributed by atoms with Gasteiger partial charge in [-0.3, -0.25) is 4.79 Å². The second-order valence-corrected chi connectivity index (χ2v) is 5.06. The molecule has 1 saturated heterocycles. The number of likely N-dealkylation sites (tertiary alicyclic amines) is 1. The zero-order valence-electron chi connectivity index (χ0n) is 11.2. The molecule has 1 fully saturated rings. The maximum Gasteiger partial charge on any atom is 0.326 e. The smallest absolute Gasteiger partial charge is 0.326 e. The molecule has 1 aliphatic rings. The molecule has 1 aromatic carbocycles. The van der Waals surface area contributed by atoms with Gasteiger partial charge in [-0.25, -0.2) is 9.18 Å². The van der Waals surface area contributed by atoms with Gasteiger partial charge in [0.25, 0.3) is 0 Å². The van der Waals surface area contributed by atoms with Crippen LogP contribution in [-0.2, 0) is 16.0 Å². The highest BCUT2D eigenvalue weighted by atomic mass is 19.1. The van der Waals surface area contributed by atoms with Gasteiger partial charge in [-0.05, 0) is 43.4 Å². The number of carbonyl (C=O) groups is 2. The summed E-state index contributed by atoms with van der Waals surface area (Å²) in [6.45, 7) is 0.534. The molecule has 2 rings (SSSR count). The molecular formula is C15H18FNO3. The number of benzene rings is 1. The van der Waals surface area contributed by atoms with Crippen molar-refractivity contribution in [2.45, 2.75) is 38.1 Å². The Kier molecular flexibility index (Phi) is 4.71. The van der Waals surface area contributed by atoms with Crippen LogP contribution in [0.4, 0.5) is 4.39 Å². The Hall–Kier alpha value is -1.91. The summed E-state index contributed by atoms with van der Waals surface area (Å²) in [6.07, 6.45) is 2.96. The van der Waals surface area contributed by atoms with Gasteiger partial charge in [0.15, 0.2) is 0 Å². The molecular weight excluding hydrogens is 261 g/mol. The van der Waals surface area contributed by atoms with Crippen LogP contribution in [-0.4, -0.2) is 34.5 Å². The quantitative estimate of drug-likeness (QED) is 0.899. The van der Waals surface area contributed by atoms with Crippen LogP contribution in [0.15, 0.2) is 24.3 Å². The molecule has 1 aliphatic heterocycles. The highest BCUT2D eigenvalue weighted by Crippen LogP contribution is 2.19. The highest BCUT2D eigenvalue weighted by Gasteiger charge is 2.33. The summed E-state index contributed by atoms with van der Waals surface area (Å²) in [5.74, 6) is -1.29. The second-order valence-electron chi connectivity index (χ2n) is 5.06. The molecule has 0 saturated carbocycles. The molecule has 1 aromatic rings. The van der Waals surface area contributed by atoms with Gasteiger partial charge in [-0.1, -0.05) is 12.1 Å². The Morgan fingerprint density at radius 1 is 1.30 bits per heavy atom. The third-order valence-electron chi connectivity index (χ3n) is 3.63. The third kappa shape index (κ3) is 3.56. The molecule has 0 aliphatic carbocycles. The monoisotopic (exact) mass is 279 g/mol. The minimum Gasteiger partial charge on any atom is -0.480 e. The van der Waals surface area contributed by atoms with E-state index in [1.807, 2.05) is 0 Å². The molecule has 0 bridgehead atoms. The maximum atomic E-state index is 12.7. The summed E-state index contributed by atoms with van der Waals surface area (Å²) in [4.78, 5) is 24.5. The van der Waals surface area contributed by atoms with E-state index in [4.69, 9.17) is 5.11 Å². The van der Waals surface area contributed by atoms with E-state index in [0.29, 0.717) is 32.2 Å². The third-order valence-corrected chi connectivity index (χ3v) is 3.63. The van der Waals surface area contributed by atoms with Crippen LogP contribution in [0.2, 0.25) is 0 Å². The summed E-state index contributed by atoms with van der Waals surface area (Å²) in [5.41, 5.74) is 0.982. The fraction of sp³-hybridized carbons (Fsp3) is 0.467. The fourth-order valence-corrected chi connectivity index (χ4v) is 2.56. The predicted molar refractivity (Wildman–Crippen MR) is 71.7 cm³/mol. The first-order valence-electron chi connectivity index (χ1n) is 6.84. The van der Waals surface area contributed by atoms with Crippen molar-refractivity contribution in [1.82, 2.24) is 4.90 Å². The number of rotatable bonds is 5. The largest absolute Gasteiger partial charge is 0.480 e. The first-order valence-corrected chi connectivity index (χ1v) is 6.84. The summed E-state index contributed by atoms with van der Waals surface area (Å²) >= 11 is 0. The number of hydrogen-bond acceptors (Lipinski definition) is 2. The Labute approximate surface area is 117 Å². The molecule has 0 radical (unpaired) electrons. The number of aryl methyl sites for hydroxylation is 1. The molecule has 4 nitrogen and oxygen atoms in total. The van der Waals surface area contributed by atoms with E-state index in [1.165, 1.54) is 17.0 Å². The normalized spacial score (nSPS) is 18.2. The molecule has 5 heteroatoms. The number of amides is 1. The van der Waals surface area contributed by atoms with Gasteiger partial charge in [0.2, 0.25) is 5.91 Å². The van der Waals surface area contributed by atoms with Crippen LogP contribution in [0.25, 0.3) is 0 Å². The standard InChI is InChI=1S/C15H18FNO3/c16-12-8-6-11(7-9-12)3-1-5-14(18)17-10-2-4-13(17)15(19)20/h6-9,13H,1-5,10H2,(H,19,20). The zero-order chi connectivity index (χ0) is 14.5. The van der Waals surface area contributed by atoms with E-state index in [1.54, 1.807) is 12.1 Å². The molecule has 1 unspecified atom stereocenters. The summed E-state index contributed by atoms with van der Waals surface area (Å²) < 4.78 is 12.7. The van der Waals surface area contributed by atoms with Crippen molar-refractivity contribution < 1.29 is 19.1 Å². The number of nitrogens with zero attached hydrogens (tertiary/aromatic N) is 1. The minimum absolute atomic E-state index is 0.1000. The van der Waals surface area contributed by atoms with Gasteiger partial charge in [-0.2, -0.15) is 0 Å². The van der Waals surface area contributed by atoms with Crippen LogP contribution >= 0.6 is 0 Å². The van der Waals surface area contributed by atoms with E-state index in [0.717, 1.165) is 12.0 Å². The van der Waals surface area contributed by atoms with Crippen LogP contribution < -0.4 is 0 Å². The summed E-state index contributed by atoms with van der Waals surface area (Å²) in [5, 5.41) is 9.03. The molecule has 1 atom stereocenters. The van der Waals surface area contributed by atoms with Gasteiger partial charge < -0.3 is 10.0 Å². The van der Waals surface area contributed by atoms with Crippen molar-refractivity contribution in [3.63, 3.8) is 0 Å². The van der Waals surface area contributed by atoms with Crippen molar-refractivity contribution in [2.24, 2.45) is 0 Å². The number of carboxylic acids is 1. The number of carboxylic acid groups (broad SMARTS) is 1. The Balaban J connectivity index is 1.80. The lowest BCUT2D eigenvalue weighted by Crippen LogP contribution is -2.40. The van der Waals surface area contributed by atoms with E-state index < -0.39 is 12.0 Å². The van der Waals surface area contributed by atoms with E-state index in [-0.39, 0.29) is 11.7 Å². The summed E-state index contributed by atoms with van der Waals surface area (Å²) in [6, 6.07) is 5.55. The van der Waals surface area contributed by atoms with Crippen molar-refractivity contribution >= 4 is 11.9 Å². The Morgan fingerprint density at radius 2 is 2.00 bits per heavy atom. The van der Waals surface area contributed by atoms with Gasteiger partial charge in [0, 0.05) is 13.0 Å². The second kappa shape index (κ2) is 6.50. The zero-order valence-corrected chi connectivity index (χ0v) is 11.2. The van der Waals surface area contributed by atoms with Crippen LogP contribution in [0.1, 0.15) is 31.2 Å². The summed E-state index contributed by atoms with van der Waals surface area (Å²) in [7, 11) is 0. The SMILES string of the molecule is O=C(O)C1CCCN1C(=O)CCCc1ccc(F)cc1. The Bertz CT molecular complexity index is 486. The van der Waals surface area contributed by atoms with Crippen LogP contribution in [0.3, 0.4) is 0 Å². The van der Waals surface area contributed by atoms with Gasteiger partial charge in [-0.15, -0.1) is 0 Å². The fourth-order valence-electron chi connectivity index (χ4n) is 2.56. The maximum absolute atomic E-state index is 12.7. The molecule has 0 aromatic heterocycles. The lowest BCUT2D eigenvalue weighted by Gasteiger charge is -2.21. The lowest BCUT2D eigenvalue weighted by atomic mass is 10.1. The van der Waals surface area contributed by atoms with Gasteiger partial charge in [0.1, 0.15) is 11.9 Å². The number of aliphatic carboxylic acids is 1. The molecule has 108 valence electrons. The van der Waals surface area contributed by atoms with Crippen molar-refractivity contribution in [1.29, 1.82) is 0 Å². The first-order chi connectivity index (χ1) is 9.58. The first kappa shape index (κ1) is 14.5. The minimum atomic E-state index is -0.922. The average Bonchev–Trinajstić information content (AvgIpc) is 2.90. The van der Waals surface area contributed by atoms with Gasteiger partial charge in [0.05, 0.1) is 0 Å². The number of hydrogen-bond donors (Lipinski definition) is 1. The van der Waals surface area contributed by atoms with Crippen molar-refractivity contribution in [2.75, 3.05) is 6.54 Å². The number of carbonyl (C=O) groups excluding carboxylic acids is 1. The molecule has 0 spiro atoms. The molecule has 1 N–H and O–H groups in total. The lowest BCUT2D eigenvalue weighted by molar-refractivity contribution is -0.148. The van der Waals surface area contributed by atoms with Crippen LogP contribution in [0.5, 0.6) is 0 Å². The van der Waals surface area contributed by atoms with Crippen molar-refractivity contribution in [3.8, 4) is 0 Å². The number of halogens is 1. The Morgan fingerprint density at radius 3 is 2.65 bits per heavy atom. The molecule has 1 amide bonds. The van der Waals surface area contributed by atoms with Crippen molar-refractivity contribution in [3.05, 3.63) is 35.6 Å². The molecule has 1 heterocycles.